The van der Waals surface area contributed by atoms with Crippen LogP contribution < -0.4 is 5.32 Å². The fourth-order valence-electron chi connectivity index (χ4n) is 1.92. The van der Waals surface area contributed by atoms with E-state index in [1.165, 1.54) is 25.7 Å². The van der Waals surface area contributed by atoms with Crippen LogP contribution in [0, 0.1) is 0 Å². The summed E-state index contributed by atoms with van der Waals surface area (Å²) in [5, 5.41) is 2.96. The lowest BCUT2D eigenvalue weighted by atomic mass is 10.0. The topological polar surface area (TPSA) is 46.2 Å². The summed E-state index contributed by atoms with van der Waals surface area (Å²) >= 11 is 0. The second kappa shape index (κ2) is 11.6. The van der Waals surface area contributed by atoms with Crippen LogP contribution in [-0.4, -0.2) is 18.2 Å². The van der Waals surface area contributed by atoms with Crippen molar-refractivity contribution >= 4 is 12.2 Å². The van der Waals surface area contributed by atoms with Crippen molar-refractivity contribution in [2.24, 2.45) is 0 Å². The van der Waals surface area contributed by atoms with Crippen LogP contribution >= 0.6 is 0 Å². The Hall–Kier alpha value is -0.860. The molecule has 0 aromatic rings. The van der Waals surface area contributed by atoms with Crippen LogP contribution in [0.2, 0.25) is 0 Å². The Morgan fingerprint density at radius 1 is 1.06 bits per heavy atom. The summed E-state index contributed by atoms with van der Waals surface area (Å²) in [7, 11) is 0. The first-order valence-corrected chi connectivity index (χ1v) is 6.97. The lowest BCUT2D eigenvalue weighted by molar-refractivity contribution is -0.124. The molecule has 0 aliphatic rings. The highest BCUT2D eigenvalue weighted by Gasteiger charge is 2.10. The van der Waals surface area contributed by atoms with Crippen molar-refractivity contribution in [1.29, 1.82) is 0 Å². The van der Waals surface area contributed by atoms with Gasteiger partial charge in [0.05, 0.1) is 6.42 Å². The second-order valence-corrected chi connectivity index (χ2v) is 4.63. The molecular weight excluding hydrogens is 214 g/mol. The molecule has 1 amide bonds. The van der Waals surface area contributed by atoms with Crippen LogP contribution in [0.4, 0.5) is 0 Å². The number of carbonyl (C=O) groups is 2. The van der Waals surface area contributed by atoms with Crippen molar-refractivity contribution in [3.8, 4) is 0 Å². The lowest BCUT2D eigenvalue weighted by Crippen LogP contribution is -2.34. The monoisotopic (exact) mass is 241 g/mol. The van der Waals surface area contributed by atoms with E-state index in [9.17, 15) is 9.59 Å². The zero-order valence-corrected chi connectivity index (χ0v) is 11.3. The molecule has 1 N–H and O–H groups in total. The standard InChI is InChI=1S/C14H27NO2/c1-3-5-7-8-10-13(9-6-4-2)15-14(17)11-12-16/h12-13H,3-11H2,1-2H3,(H,15,17). The molecule has 100 valence electrons. The number of rotatable bonds is 11. The highest BCUT2D eigenvalue weighted by Crippen LogP contribution is 2.11. The minimum atomic E-state index is -0.128. The van der Waals surface area contributed by atoms with Gasteiger partial charge in [0.25, 0.3) is 0 Å². The summed E-state index contributed by atoms with van der Waals surface area (Å²) in [5.74, 6) is -0.128. The first-order chi connectivity index (χ1) is 8.24. The summed E-state index contributed by atoms with van der Waals surface area (Å²) in [6.45, 7) is 4.35. The first kappa shape index (κ1) is 16.1. The zero-order chi connectivity index (χ0) is 12.9. The minimum Gasteiger partial charge on any atom is -0.353 e. The van der Waals surface area contributed by atoms with Gasteiger partial charge in [-0.25, -0.2) is 0 Å². The third-order valence-electron chi connectivity index (χ3n) is 2.95. The van der Waals surface area contributed by atoms with Crippen LogP contribution in [0.15, 0.2) is 0 Å². The quantitative estimate of drug-likeness (QED) is 0.343. The molecule has 1 atom stereocenters. The molecule has 1 unspecified atom stereocenters. The maximum atomic E-state index is 11.4. The van der Waals surface area contributed by atoms with Gasteiger partial charge in [0, 0.05) is 6.04 Å². The van der Waals surface area contributed by atoms with Crippen LogP contribution in [-0.2, 0) is 9.59 Å². The van der Waals surface area contributed by atoms with Gasteiger partial charge in [-0.1, -0.05) is 52.4 Å². The fraction of sp³-hybridized carbons (Fsp3) is 0.857. The average Bonchev–Trinajstić information content (AvgIpc) is 2.31. The van der Waals surface area contributed by atoms with E-state index in [1.54, 1.807) is 0 Å². The van der Waals surface area contributed by atoms with Crippen molar-refractivity contribution in [3.63, 3.8) is 0 Å². The second-order valence-electron chi connectivity index (χ2n) is 4.63. The molecule has 0 saturated carbocycles. The molecule has 0 saturated heterocycles. The molecule has 3 heteroatoms. The van der Waals surface area contributed by atoms with E-state index in [0.717, 1.165) is 25.7 Å². The predicted molar refractivity (Wildman–Crippen MR) is 70.9 cm³/mol. The number of carbonyl (C=O) groups excluding carboxylic acids is 2. The Bertz CT molecular complexity index is 204. The van der Waals surface area contributed by atoms with Crippen molar-refractivity contribution < 1.29 is 9.59 Å². The van der Waals surface area contributed by atoms with Crippen LogP contribution in [0.3, 0.4) is 0 Å². The van der Waals surface area contributed by atoms with Crippen molar-refractivity contribution in [2.45, 2.75) is 77.7 Å². The summed E-state index contributed by atoms with van der Waals surface area (Å²) in [6.07, 6.45) is 9.94. The van der Waals surface area contributed by atoms with Gasteiger partial charge in [-0.15, -0.1) is 0 Å². The van der Waals surface area contributed by atoms with Crippen LogP contribution in [0.5, 0.6) is 0 Å². The number of unbranched alkanes of at least 4 members (excludes halogenated alkanes) is 4. The van der Waals surface area contributed by atoms with Crippen molar-refractivity contribution in [1.82, 2.24) is 5.32 Å². The van der Waals surface area contributed by atoms with E-state index in [0.29, 0.717) is 6.29 Å². The molecule has 0 heterocycles. The SMILES string of the molecule is CCCCCCC(CCCC)NC(=O)CC=O. The fourth-order valence-corrected chi connectivity index (χ4v) is 1.92. The molecule has 0 aromatic carbocycles. The third-order valence-corrected chi connectivity index (χ3v) is 2.95. The average molecular weight is 241 g/mol. The Morgan fingerprint density at radius 2 is 1.71 bits per heavy atom. The maximum Gasteiger partial charge on any atom is 0.227 e. The van der Waals surface area contributed by atoms with Gasteiger partial charge in [-0.05, 0) is 12.8 Å². The van der Waals surface area contributed by atoms with E-state index in [-0.39, 0.29) is 18.4 Å². The number of nitrogens with one attached hydrogen (secondary N) is 1. The highest BCUT2D eigenvalue weighted by atomic mass is 16.2. The van der Waals surface area contributed by atoms with Crippen LogP contribution in [0.1, 0.15) is 71.6 Å². The lowest BCUT2D eigenvalue weighted by Gasteiger charge is -2.18. The summed E-state index contributed by atoms with van der Waals surface area (Å²) in [4.78, 5) is 21.6. The molecule has 0 aromatic heterocycles. The molecule has 0 bridgehead atoms. The summed E-state index contributed by atoms with van der Waals surface area (Å²) < 4.78 is 0. The Balaban J connectivity index is 3.86. The van der Waals surface area contributed by atoms with Crippen LogP contribution in [0.25, 0.3) is 0 Å². The minimum absolute atomic E-state index is 0.00240. The van der Waals surface area contributed by atoms with Crippen molar-refractivity contribution in [2.75, 3.05) is 0 Å². The third kappa shape index (κ3) is 10.0. The molecule has 3 nitrogen and oxygen atoms in total. The Morgan fingerprint density at radius 3 is 2.29 bits per heavy atom. The highest BCUT2D eigenvalue weighted by molar-refractivity contribution is 5.88. The zero-order valence-electron chi connectivity index (χ0n) is 11.3. The molecule has 0 fully saturated rings. The maximum absolute atomic E-state index is 11.4. The number of hydrogen-bond donors (Lipinski definition) is 1. The first-order valence-electron chi connectivity index (χ1n) is 6.97. The van der Waals surface area contributed by atoms with Gasteiger partial charge in [0.2, 0.25) is 5.91 Å². The summed E-state index contributed by atoms with van der Waals surface area (Å²) in [6, 6.07) is 0.263. The molecule has 0 radical (unpaired) electrons. The normalized spacial score (nSPS) is 12.1. The van der Waals surface area contributed by atoms with Crippen molar-refractivity contribution in [3.05, 3.63) is 0 Å². The molecule has 0 aliphatic carbocycles. The van der Waals surface area contributed by atoms with E-state index < -0.39 is 0 Å². The number of amides is 1. The van der Waals surface area contributed by atoms with Gasteiger partial charge in [0.1, 0.15) is 6.29 Å². The Labute approximate surface area is 105 Å². The molecule has 0 rings (SSSR count). The van der Waals surface area contributed by atoms with E-state index in [1.807, 2.05) is 0 Å². The van der Waals surface area contributed by atoms with Gasteiger partial charge in [0.15, 0.2) is 0 Å². The van der Waals surface area contributed by atoms with Gasteiger partial charge >= 0.3 is 0 Å². The molecular formula is C14H27NO2. The van der Waals surface area contributed by atoms with E-state index in [4.69, 9.17) is 0 Å². The molecule has 17 heavy (non-hydrogen) atoms. The van der Waals surface area contributed by atoms with E-state index in [2.05, 4.69) is 19.2 Å². The van der Waals surface area contributed by atoms with E-state index >= 15 is 0 Å². The number of aldehydes is 1. The smallest absolute Gasteiger partial charge is 0.227 e. The number of hydrogen-bond acceptors (Lipinski definition) is 2. The molecule has 0 aliphatic heterocycles. The van der Waals surface area contributed by atoms with Gasteiger partial charge in [-0.3, -0.25) is 4.79 Å². The Kier molecular flexibility index (Phi) is 11.0. The predicted octanol–water partition coefficient (Wildman–Crippen LogP) is 3.22. The van der Waals surface area contributed by atoms with Gasteiger partial charge in [-0.2, -0.15) is 0 Å². The largest absolute Gasteiger partial charge is 0.353 e. The molecule has 0 spiro atoms. The summed E-state index contributed by atoms with van der Waals surface area (Å²) in [5.41, 5.74) is 0. The van der Waals surface area contributed by atoms with Gasteiger partial charge < -0.3 is 10.1 Å².